The predicted octanol–water partition coefficient (Wildman–Crippen LogP) is 2.66. The van der Waals surface area contributed by atoms with Gasteiger partial charge in [-0.2, -0.15) is 5.10 Å². The van der Waals surface area contributed by atoms with E-state index in [0.29, 0.717) is 16.8 Å². The van der Waals surface area contributed by atoms with Gasteiger partial charge >= 0.3 is 0 Å². The van der Waals surface area contributed by atoms with E-state index in [-0.39, 0.29) is 6.10 Å². The number of nitrogens with zero attached hydrogens (tertiary/aromatic N) is 2. The molecule has 0 saturated heterocycles. The first kappa shape index (κ1) is 15.8. The molecule has 0 fully saturated rings. The fraction of sp³-hybridized carbons (Fsp3) is 0.643. The average molecular weight is 281 g/mol. The highest BCUT2D eigenvalue weighted by Crippen LogP contribution is 2.24. The van der Waals surface area contributed by atoms with E-state index < -0.39 is 0 Å². The van der Waals surface area contributed by atoms with Gasteiger partial charge in [0.05, 0.1) is 17.4 Å². The van der Waals surface area contributed by atoms with Crippen LogP contribution >= 0.6 is 12.2 Å². The maximum absolute atomic E-state index is 5.87. The number of nitrogens with two attached hydrogens (primary N) is 1. The van der Waals surface area contributed by atoms with Gasteiger partial charge in [0.15, 0.2) is 0 Å². The largest absolute Gasteiger partial charge is 0.473 e. The van der Waals surface area contributed by atoms with Crippen molar-refractivity contribution in [2.75, 3.05) is 0 Å². The van der Waals surface area contributed by atoms with E-state index >= 15 is 0 Å². The highest BCUT2D eigenvalue weighted by molar-refractivity contribution is 7.80. The van der Waals surface area contributed by atoms with Crippen LogP contribution in [0, 0.1) is 5.92 Å². The molecule has 1 atom stereocenters. The van der Waals surface area contributed by atoms with Crippen LogP contribution in [0.2, 0.25) is 0 Å². The van der Waals surface area contributed by atoms with E-state index in [1.165, 1.54) is 0 Å². The molecule has 1 heterocycles. The molecule has 4 nitrogen and oxygen atoms in total. The molecule has 5 heteroatoms. The molecule has 0 aliphatic carbocycles. The Morgan fingerprint density at radius 3 is 2.26 bits per heavy atom. The smallest absolute Gasteiger partial charge is 0.244 e. The highest BCUT2D eigenvalue weighted by Gasteiger charge is 2.20. The first-order valence-electron chi connectivity index (χ1n) is 6.77. The third-order valence-corrected chi connectivity index (χ3v) is 3.50. The van der Waals surface area contributed by atoms with Gasteiger partial charge in [-0.15, -0.1) is 5.10 Å². The van der Waals surface area contributed by atoms with Crippen molar-refractivity contribution >= 4 is 17.2 Å². The molecule has 1 aromatic heterocycles. The Kier molecular flexibility index (Phi) is 5.66. The van der Waals surface area contributed by atoms with Gasteiger partial charge in [-0.1, -0.05) is 39.9 Å². The lowest BCUT2D eigenvalue weighted by Gasteiger charge is -2.20. The van der Waals surface area contributed by atoms with Crippen molar-refractivity contribution in [2.45, 2.75) is 53.6 Å². The lowest BCUT2D eigenvalue weighted by molar-refractivity contribution is 0.161. The summed E-state index contributed by atoms with van der Waals surface area (Å²) in [5, 5.41) is 8.40. The molecule has 0 aromatic carbocycles. The van der Waals surface area contributed by atoms with Crippen molar-refractivity contribution < 1.29 is 4.74 Å². The van der Waals surface area contributed by atoms with Crippen LogP contribution in [0.25, 0.3) is 0 Å². The van der Waals surface area contributed by atoms with Crippen molar-refractivity contribution in [3.05, 3.63) is 16.8 Å². The van der Waals surface area contributed by atoms with Gasteiger partial charge in [0.2, 0.25) is 5.88 Å². The first-order valence-corrected chi connectivity index (χ1v) is 7.17. The first-order chi connectivity index (χ1) is 8.92. The van der Waals surface area contributed by atoms with Gasteiger partial charge in [-0.25, -0.2) is 0 Å². The van der Waals surface area contributed by atoms with Crippen LogP contribution in [0.15, 0.2) is 0 Å². The Morgan fingerprint density at radius 1 is 1.21 bits per heavy atom. The van der Waals surface area contributed by atoms with Crippen LogP contribution in [-0.2, 0) is 12.8 Å². The van der Waals surface area contributed by atoms with Crippen LogP contribution in [0.1, 0.15) is 51.4 Å². The summed E-state index contributed by atoms with van der Waals surface area (Å²) in [5.74, 6) is 0.847. The van der Waals surface area contributed by atoms with Crippen molar-refractivity contribution in [2.24, 2.45) is 11.7 Å². The molecule has 19 heavy (non-hydrogen) atoms. The number of rotatable bonds is 6. The van der Waals surface area contributed by atoms with E-state index in [4.69, 9.17) is 22.7 Å². The second-order valence-electron chi connectivity index (χ2n) is 4.94. The Hall–Kier alpha value is -1.23. The minimum Gasteiger partial charge on any atom is -0.473 e. The van der Waals surface area contributed by atoms with Gasteiger partial charge in [0, 0.05) is 0 Å². The zero-order chi connectivity index (χ0) is 14.6. The SMILES string of the molecule is CCc1nnc(OC(C)C(C)C)c(C(N)=S)c1CC. The second-order valence-corrected chi connectivity index (χ2v) is 5.38. The van der Waals surface area contributed by atoms with Gasteiger partial charge in [-0.05, 0) is 31.2 Å². The van der Waals surface area contributed by atoms with Crippen LogP contribution in [0.4, 0.5) is 0 Å². The fourth-order valence-electron chi connectivity index (χ4n) is 1.80. The molecule has 0 aliphatic heterocycles. The average Bonchev–Trinajstić information content (AvgIpc) is 2.37. The summed E-state index contributed by atoms with van der Waals surface area (Å²) in [6.45, 7) is 10.3. The summed E-state index contributed by atoms with van der Waals surface area (Å²) in [6, 6.07) is 0. The zero-order valence-corrected chi connectivity index (χ0v) is 13.2. The van der Waals surface area contributed by atoms with Gasteiger partial charge in [-0.3, -0.25) is 0 Å². The van der Waals surface area contributed by atoms with Crippen molar-refractivity contribution in [1.29, 1.82) is 0 Å². The molecule has 0 bridgehead atoms. The summed E-state index contributed by atoms with van der Waals surface area (Å²) in [5.41, 5.74) is 8.59. The Balaban J connectivity index is 3.28. The number of thiocarbonyl (C=S) groups is 1. The number of hydrogen-bond acceptors (Lipinski definition) is 4. The third kappa shape index (κ3) is 3.62. The number of aromatic nitrogens is 2. The minimum absolute atomic E-state index is 0.0413. The minimum atomic E-state index is 0.0413. The van der Waals surface area contributed by atoms with Crippen LogP contribution in [-0.4, -0.2) is 21.3 Å². The molecular formula is C14H23N3OS. The fourth-order valence-corrected chi connectivity index (χ4v) is 2.01. The van der Waals surface area contributed by atoms with Crippen molar-refractivity contribution in [3.8, 4) is 5.88 Å². The van der Waals surface area contributed by atoms with E-state index in [1.807, 2.05) is 13.8 Å². The van der Waals surface area contributed by atoms with Crippen molar-refractivity contribution in [3.63, 3.8) is 0 Å². The van der Waals surface area contributed by atoms with Crippen LogP contribution in [0.3, 0.4) is 0 Å². The molecule has 1 unspecified atom stereocenters. The summed E-state index contributed by atoms with van der Waals surface area (Å²) < 4.78 is 5.87. The van der Waals surface area contributed by atoms with Crippen LogP contribution in [0.5, 0.6) is 5.88 Å². The molecular weight excluding hydrogens is 258 g/mol. The lowest BCUT2D eigenvalue weighted by atomic mass is 10.0. The predicted molar refractivity (Wildman–Crippen MR) is 81.6 cm³/mol. The van der Waals surface area contributed by atoms with E-state index in [0.717, 1.165) is 29.7 Å². The quantitative estimate of drug-likeness (QED) is 0.812. The highest BCUT2D eigenvalue weighted by atomic mass is 32.1. The molecule has 106 valence electrons. The van der Waals surface area contributed by atoms with E-state index in [1.54, 1.807) is 0 Å². The Bertz CT molecular complexity index is 460. The van der Waals surface area contributed by atoms with Gasteiger partial charge in [0.1, 0.15) is 4.99 Å². The monoisotopic (exact) mass is 281 g/mol. The second kappa shape index (κ2) is 6.80. The number of hydrogen-bond donors (Lipinski definition) is 1. The molecule has 0 saturated carbocycles. The summed E-state index contributed by atoms with van der Waals surface area (Å²) in [6.07, 6.45) is 1.67. The van der Waals surface area contributed by atoms with Crippen LogP contribution < -0.4 is 10.5 Å². The maximum Gasteiger partial charge on any atom is 0.244 e. The Labute approximate surface area is 120 Å². The number of aryl methyl sites for hydroxylation is 1. The molecule has 0 spiro atoms. The molecule has 2 N–H and O–H groups in total. The topological polar surface area (TPSA) is 61.0 Å². The summed E-state index contributed by atoms with van der Waals surface area (Å²) in [4.78, 5) is 0.326. The molecule has 0 aliphatic rings. The van der Waals surface area contributed by atoms with Gasteiger partial charge in [0.25, 0.3) is 0 Å². The zero-order valence-electron chi connectivity index (χ0n) is 12.4. The molecule has 1 rings (SSSR count). The van der Waals surface area contributed by atoms with Crippen molar-refractivity contribution in [1.82, 2.24) is 10.2 Å². The normalized spacial score (nSPS) is 12.5. The molecule has 1 aromatic rings. The third-order valence-electron chi connectivity index (χ3n) is 3.30. The molecule has 0 radical (unpaired) electrons. The summed E-state index contributed by atoms with van der Waals surface area (Å²) in [7, 11) is 0. The van der Waals surface area contributed by atoms with E-state index in [2.05, 4.69) is 31.0 Å². The lowest BCUT2D eigenvalue weighted by Crippen LogP contribution is -2.24. The summed E-state index contributed by atoms with van der Waals surface area (Å²) >= 11 is 5.16. The Morgan fingerprint density at radius 2 is 1.84 bits per heavy atom. The number of ether oxygens (including phenoxy) is 1. The standard InChI is InChI=1S/C14H23N3OS/c1-6-10-11(7-2)16-17-14(12(10)13(15)19)18-9(5)8(3)4/h8-9H,6-7H2,1-5H3,(H2,15,19). The van der Waals surface area contributed by atoms with Gasteiger partial charge < -0.3 is 10.5 Å². The molecule has 0 amide bonds. The maximum atomic E-state index is 5.87. The van der Waals surface area contributed by atoms with E-state index in [9.17, 15) is 0 Å².